The number of aliphatic imine (C=N–C) groups is 1. The smallest absolute Gasteiger partial charge is 0.339 e. The summed E-state index contributed by atoms with van der Waals surface area (Å²) in [6.07, 6.45) is 6.76. The lowest BCUT2D eigenvalue weighted by atomic mass is 9.94. The van der Waals surface area contributed by atoms with E-state index in [4.69, 9.17) is 4.74 Å². The first-order chi connectivity index (χ1) is 14.0. The second-order valence-corrected chi connectivity index (χ2v) is 7.12. The van der Waals surface area contributed by atoms with Crippen LogP contribution in [0.5, 0.6) is 0 Å². The van der Waals surface area contributed by atoms with Crippen LogP contribution in [0.4, 0.5) is 0 Å². The Bertz CT molecular complexity index is 950. The zero-order chi connectivity index (χ0) is 21.4. The average Bonchev–Trinajstić information content (AvgIpc) is 3.10. The fraction of sp³-hybridized carbons (Fsp3) is 0.435. The summed E-state index contributed by atoms with van der Waals surface area (Å²) < 4.78 is 7.00. The third kappa shape index (κ3) is 5.33. The predicted molar refractivity (Wildman–Crippen MR) is 115 cm³/mol. The molecule has 2 rings (SSSR count). The van der Waals surface area contributed by atoms with Gasteiger partial charge in [0.2, 0.25) is 0 Å². The van der Waals surface area contributed by atoms with Crippen LogP contribution in [-0.4, -0.2) is 42.1 Å². The molecule has 2 aromatic rings. The number of carbonyl (C=O) groups is 1. The van der Waals surface area contributed by atoms with Crippen LogP contribution < -0.4 is 0 Å². The maximum atomic E-state index is 11.9. The molecular weight excluding hydrogens is 366 g/mol. The lowest BCUT2D eigenvalue weighted by molar-refractivity contribution is -0.137. The molecule has 154 valence electrons. The number of benzene rings is 1. The van der Waals surface area contributed by atoms with Crippen molar-refractivity contribution >= 4 is 23.1 Å². The molecule has 1 aromatic heterocycles. The first kappa shape index (κ1) is 22.4. The van der Waals surface area contributed by atoms with Gasteiger partial charge in [-0.1, -0.05) is 19.1 Å². The minimum Gasteiger partial charge on any atom is -0.462 e. The highest BCUT2D eigenvalue weighted by Gasteiger charge is 2.15. The molecule has 0 aliphatic heterocycles. The van der Waals surface area contributed by atoms with Crippen molar-refractivity contribution in [2.75, 3.05) is 20.3 Å². The van der Waals surface area contributed by atoms with Gasteiger partial charge >= 0.3 is 5.97 Å². The number of allylic oxidation sites excluding steroid dienone is 1. The van der Waals surface area contributed by atoms with Crippen molar-refractivity contribution in [2.24, 2.45) is 4.99 Å². The van der Waals surface area contributed by atoms with Crippen LogP contribution in [0, 0.1) is 11.3 Å². The zero-order valence-corrected chi connectivity index (χ0v) is 17.6. The number of aliphatic hydroxyl groups excluding tert-OH is 1. The number of fused-ring (bicyclic) bond motifs is 1. The third-order valence-corrected chi connectivity index (χ3v) is 5.03. The number of ether oxygens (including phenoxy) is 1. The van der Waals surface area contributed by atoms with Gasteiger partial charge in [0.25, 0.3) is 0 Å². The second kappa shape index (κ2) is 10.6. The minimum absolute atomic E-state index is 0.0169. The molecule has 0 aliphatic carbocycles. The molecule has 6 nitrogen and oxygen atoms in total. The van der Waals surface area contributed by atoms with Gasteiger partial charge in [-0.2, -0.15) is 5.26 Å². The van der Waals surface area contributed by atoms with Crippen molar-refractivity contribution in [1.29, 1.82) is 5.26 Å². The maximum absolute atomic E-state index is 11.9. The van der Waals surface area contributed by atoms with Gasteiger partial charge in [-0.15, -0.1) is 0 Å². The van der Waals surface area contributed by atoms with E-state index in [1.165, 1.54) is 6.21 Å². The van der Waals surface area contributed by atoms with E-state index in [0.29, 0.717) is 24.2 Å². The number of esters is 1. The number of hydrogen-bond donors (Lipinski definition) is 1. The van der Waals surface area contributed by atoms with E-state index in [1.54, 1.807) is 20.2 Å². The van der Waals surface area contributed by atoms with Crippen molar-refractivity contribution in [3.05, 3.63) is 47.2 Å². The van der Waals surface area contributed by atoms with Gasteiger partial charge in [0.15, 0.2) is 0 Å². The molecule has 0 bridgehead atoms. The van der Waals surface area contributed by atoms with E-state index < -0.39 is 0 Å². The number of nitrogens with zero attached hydrogens (tertiary/aromatic N) is 3. The van der Waals surface area contributed by atoms with Crippen molar-refractivity contribution < 1.29 is 14.6 Å². The standard InChI is InChI=1S/C23H29N3O3/c1-5-29-23(28)19(13-25-4)8-6-7-16(2)18-9-10-22-21(11-18)20(12-24)14-26(22)17(3)15-27/h8-11,13-14,16-17,27H,5-7,15H2,1-4H3/b19-8+,25-13?/t16-,17?/m1/s1. The van der Waals surface area contributed by atoms with Crippen molar-refractivity contribution in [1.82, 2.24) is 4.57 Å². The highest BCUT2D eigenvalue weighted by atomic mass is 16.5. The predicted octanol–water partition coefficient (Wildman–Crippen LogP) is 4.14. The Morgan fingerprint density at radius 2 is 2.17 bits per heavy atom. The number of hydrogen-bond acceptors (Lipinski definition) is 5. The summed E-state index contributed by atoms with van der Waals surface area (Å²) in [5, 5.41) is 19.9. The van der Waals surface area contributed by atoms with E-state index in [9.17, 15) is 15.2 Å². The first-order valence-corrected chi connectivity index (χ1v) is 9.91. The Morgan fingerprint density at radius 3 is 2.79 bits per heavy atom. The van der Waals surface area contributed by atoms with E-state index in [2.05, 4.69) is 30.1 Å². The molecule has 2 atom stereocenters. The van der Waals surface area contributed by atoms with Gasteiger partial charge in [0, 0.05) is 30.4 Å². The van der Waals surface area contributed by atoms with Gasteiger partial charge in [-0.05, 0) is 50.3 Å². The Morgan fingerprint density at radius 1 is 1.41 bits per heavy atom. The maximum Gasteiger partial charge on any atom is 0.339 e. The molecule has 0 radical (unpaired) electrons. The van der Waals surface area contributed by atoms with Crippen LogP contribution in [0.15, 0.2) is 41.0 Å². The molecule has 6 heteroatoms. The first-order valence-electron chi connectivity index (χ1n) is 9.91. The fourth-order valence-corrected chi connectivity index (χ4v) is 3.32. The average molecular weight is 396 g/mol. The quantitative estimate of drug-likeness (QED) is 0.393. The third-order valence-electron chi connectivity index (χ3n) is 5.03. The number of carbonyl (C=O) groups excluding carboxylic acids is 1. The summed E-state index contributed by atoms with van der Waals surface area (Å²) in [5.74, 6) is -0.104. The van der Waals surface area contributed by atoms with E-state index in [1.807, 2.05) is 23.6 Å². The Labute approximate surface area is 172 Å². The van der Waals surface area contributed by atoms with Gasteiger partial charge in [0.05, 0.1) is 30.4 Å². The van der Waals surface area contributed by atoms with Gasteiger partial charge in [-0.3, -0.25) is 4.99 Å². The van der Waals surface area contributed by atoms with E-state index in [-0.39, 0.29) is 24.5 Å². The number of nitriles is 1. The van der Waals surface area contributed by atoms with Crippen molar-refractivity contribution in [3.8, 4) is 6.07 Å². The molecule has 1 N–H and O–H groups in total. The normalized spacial score (nSPS) is 14.1. The molecule has 1 aromatic carbocycles. The van der Waals surface area contributed by atoms with Gasteiger partial charge in [0.1, 0.15) is 6.07 Å². The Kier molecular flexibility index (Phi) is 8.17. The summed E-state index contributed by atoms with van der Waals surface area (Å²) in [6, 6.07) is 8.30. The van der Waals surface area contributed by atoms with Crippen LogP contribution in [-0.2, 0) is 9.53 Å². The minimum atomic E-state index is -0.356. The molecule has 0 aliphatic rings. The number of aliphatic hydroxyl groups is 1. The van der Waals surface area contributed by atoms with Crippen LogP contribution >= 0.6 is 0 Å². The molecule has 1 heterocycles. The molecule has 1 unspecified atom stereocenters. The topological polar surface area (TPSA) is 87.6 Å². The Hall–Kier alpha value is -2.91. The van der Waals surface area contributed by atoms with Crippen molar-refractivity contribution in [3.63, 3.8) is 0 Å². The van der Waals surface area contributed by atoms with Crippen LogP contribution in [0.3, 0.4) is 0 Å². The molecule has 0 spiro atoms. The summed E-state index contributed by atoms with van der Waals surface area (Å²) in [5.41, 5.74) is 3.16. The number of aromatic nitrogens is 1. The summed E-state index contributed by atoms with van der Waals surface area (Å²) >= 11 is 0. The SMILES string of the molecule is CCOC(=O)/C(C=NC)=C/CC[C@@H](C)c1ccc2c(c1)c(C#N)cn2C(C)CO. The molecule has 0 saturated heterocycles. The molecule has 0 saturated carbocycles. The number of rotatable bonds is 9. The van der Waals surface area contributed by atoms with Gasteiger partial charge < -0.3 is 14.4 Å². The molecule has 29 heavy (non-hydrogen) atoms. The largest absolute Gasteiger partial charge is 0.462 e. The molecule has 0 amide bonds. The van der Waals surface area contributed by atoms with Crippen LogP contribution in [0.25, 0.3) is 10.9 Å². The summed E-state index contributed by atoms with van der Waals surface area (Å²) in [4.78, 5) is 15.9. The second-order valence-electron chi connectivity index (χ2n) is 7.12. The lowest BCUT2D eigenvalue weighted by Gasteiger charge is -2.14. The van der Waals surface area contributed by atoms with Gasteiger partial charge in [-0.25, -0.2) is 4.79 Å². The lowest BCUT2D eigenvalue weighted by Crippen LogP contribution is -2.09. The molecular formula is C23H29N3O3. The monoisotopic (exact) mass is 395 g/mol. The van der Waals surface area contributed by atoms with Crippen LogP contribution in [0.2, 0.25) is 0 Å². The van der Waals surface area contributed by atoms with Crippen molar-refractivity contribution in [2.45, 2.75) is 45.6 Å². The highest BCUT2D eigenvalue weighted by Crippen LogP contribution is 2.29. The Balaban J connectivity index is 2.21. The van der Waals surface area contributed by atoms with Crippen LogP contribution in [0.1, 0.15) is 56.7 Å². The zero-order valence-electron chi connectivity index (χ0n) is 17.6. The van der Waals surface area contributed by atoms with E-state index >= 15 is 0 Å². The van der Waals surface area contributed by atoms with E-state index in [0.717, 1.165) is 22.9 Å². The fourth-order valence-electron chi connectivity index (χ4n) is 3.32. The molecule has 0 fully saturated rings. The highest BCUT2D eigenvalue weighted by molar-refractivity contribution is 6.09. The summed E-state index contributed by atoms with van der Waals surface area (Å²) in [6.45, 7) is 6.18. The summed E-state index contributed by atoms with van der Waals surface area (Å²) in [7, 11) is 1.63.